The number of allylic oxidation sites excluding steroid dienone is 3. The van der Waals surface area contributed by atoms with E-state index in [1.165, 1.54) is 19.1 Å². The zero-order chi connectivity index (χ0) is 18.7. The third-order valence-electron chi connectivity index (χ3n) is 4.84. The number of hydrogen-bond donors (Lipinski definition) is 2. The van der Waals surface area contributed by atoms with Crippen LogP contribution in [0.25, 0.3) is 5.57 Å². The van der Waals surface area contributed by atoms with Gasteiger partial charge in [0.05, 0.1) is 0 Å². The van der Waals surface area contributed by atoms with Crippen molar-refractivity contribution in [3.63, 3.8) is 0 Å². The highest BCUT2D eigenvalue weighted by Crippen LogP contribution is 2.36. The van der Waals surface area contributed by atoms with Gasteiger partial charge in [-0.2, -0.15) is 0 Å². The van der Waals surface area contributed by atoms with E-state index in [4.69, 9.17) is 5.11 Å². The fraction of sp³-hybridized carbons (Fsp3) is 0.333. The van der Waals surface area contributed by atoms with Gasteiger partial charge in [-0.1, -0.05) is 30.4 Å². The average molecular weight is 340 g/mol. The molecular formula is C21H24O4. The van der Waals surface area contributed by atoms with Crippen LogP contribution in [0, 0.1) is 19.8 Å². The minimum Gasteiger partial charge on any atom is -0.478 e. The van der Waals surface area contributed by atoms with Gasteiger partial charge in [0, 0.05) is 12.5 Å². The lowest BCUT2D eigenvalue weighted by Crippen LogP contribution is -2.11. The molecule has 1 aliphatic carbocycles. The Morgan fingerprint density at radius 2 is 1.92 bits per heavy atom. The molecule has 0 heterocycles. The number of carbonyl (C=O) groups is 2. The number of carboxylic acid groups (broad SMARTS) is 1. The van der Waals surface area contributed by atoms with Gasteiger partial charge in [-0.05, 0) is 67.5 Å². The molecule has 0 amide bonds. The summed E-state index contributed by atoms with van der Waals surface area (Å²) in [5.41, 5.74) is 5.61. The molecule has 1 unspecified atom stereocenters. The van der Waals surface area contributed by atoms with Gasteiger partial charge in [0.1, 0.15) is 5.57 Å². The quantitative estimate of drug-likeness (QED) is 0.290. The van der Waals surface area contributed by atoms with Gasteiger partial charge in [0.25, 0.3) is 0 Å². The van der Waals surface area contributed by atoms with E-state index in [0.29, 0.717) is 12.8 Å². The second-order valence-electron chi connectivity index (χ2n) is 6.55. The van der Waals surface area contributed by atoms with Crippen LogP contribution in [0.3, 0.4) is 0 Å². The first-order chi connectivity index (χ1) is 11.8. The van der Waals surface area contributed by atoms with Crippen molar-refractivity contribution in [2.45, 2.75) is 33.6 Å². The van der Waals surface area contributed by atoms with Crippen LogP contribution in [0.1, 0.15) is 35.6 Å². The largest absolute Gasteiger partial charge is 0.478 e. The SMILES string of the molecule is C=C1C/C(=C\C(=O)/C(=C\C)C(=O)O)c2cc(C)c(C)cc2CC1CO. The third-order valence-corrected chi connectivity index (χ3v) is 4.84. The summed E-state index contributed by atoms with van der Waals surface area (Å²) in [6.07, 6.45) is 3.82. The summed E-state index contributed by atoms with van der Waals surface area (Å²) in [6, 6.07) is 4.12. The Labute approximate surface area is 148 Å². The van der Waals surface area contributed by atoms with Crippen molar-refractivity contribution in [1.29, 1.82) is 0 Å². The van der Waals surface area contributed by atoms with E-state index in [9.17, 15) is 14.7 Å². The molecule has 0 bridgehead atoms. The zero-order valence-electron chi connectivity index (χ0n) is 14.9. The molecule has 1 atom stereocenters. The molecule has 1 aliphatic rings. The van der Waals surface area contributed by atoms with Crippen LogP contribution >= 0.6 is 0 Å². The van der Waals surface area contributed by atoms with E-state index in [2.05, 4.69) is 12.6 Å². The maximum Gasteiger partial charge on any atom is 0.339 e. The Hall–Kier alpha value is -2.46. The zero-order valence-corrected chi connectivity index (χ0v) is 14.9. The molecule has 1 aromatic carbocycles. The smallest absolute Gasteiger partial charge is 0.339 e. The second-order valence-corrected chi connectivity index (χ2v) is 6.55. The topological polar surface area (TPSA) is 74.6 Å². The Balaban J connectivity index is 2.60. The van der Waals surface area contributed by atoms with Gasteiger partial charge >= 0.3 is 5.97 Å². The van der Waals surface area contributed by atoms with Crippen LogP contribution in [0.5, 0.6) is 0 Å². The van der Waals surface area contributed by atoms with Crippen molar-refractivity contribution in [2.24, 2.45) is 5.92 Å². The fourth-order valence-corrected chi connectivity index (χ4v) is 3.17. The third kappa shape index (κ3) is 3.97. The number of ketones is 1. The van der Waals surface area contributed by atoms with E-state index >= 15 is 0 Å². The van der Waals surface area contributed by atoms with Crippen LogP contribution in [-0.2, 0) is 16.0 Å². The minimum atomic E-state index is -1.23. The van der Waals surface area contributed by atoms with Crippen molar-refractivity contribution in [3.05, 3.63) is 64.3 Å². The maximum atomic E-state index is 12.4. The number of carboxylic acids is 1. The normalized spacial score (nSPS) is 19.5. The molecule has 0 spiro atoms. The summed E-state index contributed by atoms with van der Waals surface area (Å²) in [6.45, 7) is 9.64. The summed E-state index contributed by atoms with van der Waals surface area (Å²) in [4.78, 5) is 23.6. The highest BCUT2D eigenvalue weighted by molar-refractivity contribution is 6.22. The molecule has 4 nitrogen and oxygen atoms in total. The first-order valence-corrected chi connectivity index (χ1v) is 8.32. The van der Waals surface area contributed by atoms with Crippen LogP contribution in [0.15, 0.2) is 42.0 Å². The number of benzene rings is 1. The minimum absolute atomic E-state index is 0.00165. The van der Waals surface area contributed by atoms with Gasteiger partial charge in [-0.3, -0.25) is 4.79 Å². The van der Waals surface area contributed by atoms with Gasteiger partial charge in [-0.25, -0.2) is 4.79 Å². The number of fused-ring (bicyclic) bond motifs is 1. The first-order valence-electron chi connectivity index (χ1n) is 8.32. The lowest BCUT2D eigenvalue weighted by Gasteiger charge is -2.14. The second kappa shape index (κ2) is 7.62. The molecular weight excluding hydrogens is 316 g/mol. The maximum absolute atomic E-state index is 12.4. The van der Waals surface area contributed by atoms with E-state index in [1.54, 1.807) is 0 Å². The van der Waals surface area contributed by atoms with Crippen LogP contribution in [-0.4, -0.2) is 28.6 Å². The van der Waals surface area contributed by atoms with Gasteiger partial charge in [0.15, 0.2) is 5.78 Å². The summed E-state index contributed by atoms with van der Waals surface area (Å²) < 4.78 is 0. The lowest BCUT2D eigenvalue weighted by atomic mass is 9.92. The summed E-state index contributed by atoms with van der Waals surface area (Å²) in [5, 5.41) is 18.8. The van der Waals surface area contributed by atoms with Crippen LogP contribution < -0.4 is 0 Å². The van der Waals surface area contributed by atoms with E-state index < -0.39 is 11.8 Å². The molecule has 2 N–H and O–H groups in total. The number of hydrogen-bond acceptors (Lipinski definition) is 3. The highest BCUT2D eigenvalue weighted by Gasteiger charge is 2.24. The lowest BCUT2D eigenvalue weighted by molar-refractivity contribution is -0.134. The number of aliphatic carboxylic acids is 1. The van der Waals surface area contributed by atoms with Crippen molar-refractivity contribution in [2.75, 3.05) is 6.61 Å². The first kappa shape index (κ1) is 18.9. The Morgan fingerprint density at radius 1 is 1.28 bits per heavy atom. The molecule has 0 saturated carbocycles. The van der Waals surface area contributed by atoms with Gasteiger partial charge in [0.2, 0.25) is 0 Å². The van der Waals surface area contributed by atoms with Gasteiger partial charge in [-0.15, -0.1) is 0 Å². The number of aliphatic hydroxyl groups excluding tert-OH is 1. The predicted molar refractivity (Wildman–Crippen MR) is 98.3 cm³/mol. The molecule has 0 radical (unpaired) electrons. The summed E-state index contributed by atoms with van der Waals surface area (Å²) in [7, 11) is 0. The Kier molecular flexibility index (Phi) is 5.75. The molecule has 0 aromatic heterocycles. The molecule has 25 heavy (non-hydrogen) atoms. The van der Waals surface area contributed by atoms with Crippen molar-refractivity contribution in [1.82, 2.24) is 0 Å². The van der Waals surface area contributed by atoms with Crippen molar-refractivity contribution < 1.29 is 19.8 Å². The predicted octanol–water partition coefficient (Wildman–Crippen LogP) is 3.40. The van der Waals surface area contributed by atoms with Gasteiger partial charge < -0.3 is 10.2 Å². The standard InChI is InChI=1S/C21H24O4/c1-5-18(21(24)25)20(23)10-16-7-14(4)17(11-22)9-15-6-12(2)13(3)8-19(15)16/h5-6,8,10,17,22H,4,7,9,11H2,1-3H3,(H,24,25)/b16-10+,18-5+. The monoisotopic (exact) mass is 340 g/mol. The van der Waals surface area contributed by atoms with Crippen LogP contribution in [0.2, 0.25) is 0 Å². The number of carbonyl (C=O) groups excluding carboxylic acids is 1. The molecule has 132 valence electrons. The number of aryl methyl sites for hydroxylation is 2. The molecule has 0 aliphatic heterocycles. The van der Waals surface area contributed by atoms with E-state index in [1.807, 2.05) is 19.9 Å². The molecule has 2 rings (SSSR count). The summed E-state index contributed by atoms with van der Waals surface area (Å²) in [5.74, 6) is -1.82. The van der Waals surface area contributed by atoms with Crippen molar-refractivity contribution >= 4 is 17.3 Å². The van der Waals surface area contributed by atoms with E-state index in [-0.39, 0.29) is 18.1 Å². The Morgan fingerprint density at radius 3 is 2.48 bits per heavy atom. The van der Waals surface area contributed by atoms with E-state index in [0.717, 1.165) is 33.4 Å². The highest BCUT2D eigenvalue weighted by atomic mass is 16.4. The number of aliphatic hydroxyl groups is 1. The number of rotatable bonds is 4. The summed E-state index contributed by atoms with van der Waals surface area (Å²) >= 11 is 0. The van der Waals surface area contributed by atoms with Crippen LogP contribution in [0.4, 0.5) is 0 Å². The molecule has 0 fully saturated rings. The molecule has 1 aromatic rings. The molecule has 4 heteroatoms. The van der Waals surface area contributed by atoms with Crippen molar-refractivity contribution in [3.8, 4) is 0 Å². The fourth-order valence-electron chi connectivity index (χ4n) is 3.17. The average Bonchev–Trinajstić information content (AvgIpc) is 2.66. The molecule has 0 saturated heterocycles. The Bertz CT molecular complexity index is 796.